The van der Waals surface area contributed by atoms with Gasteiger partial charge in [0.15, 0.2) is 11.0 Å². The lowest BCUT2D eigenvalue weighted by Gasteiger charge is -2.02. The normalized spacial score (nSPS) is 14.4. The Hall–Kier alpha value is -2.22. The van der Waals surface area contributed by atoms with E-state index in [2.05, 4.69) is 25.4 Å². The predicted octanol–water partition coefficient (Wildman–Crippen LogP) is 2.43. The molecule has 0 N–H and O–H groups in total. The fourth-order valence-electron chi connectivity index (χ4n) is 2.14. The maximum atomic E-state index is 5.65. The largest absolute Gasteiger partial charge is 0.424 e. The van der Waals surface area contributed by atoms with Gasteiger partial charge in [-0.3, -0.25) is 4.98 Å². The van der Waals surface area contributed by atoms with Crippen molar-refractivity contribution in [2.75, 3.05) is 0 Å². The average molecular weight is 314 g/mol. The molecule has 0 amide bonds. The van der Waals surface area contributed by atoms with Crippen molar-refractivity contribution in [1.82, 2.24) is 29.9 Å². The van der Waals surface area contributed by atoms with Crippen LogP contribution in [-0.4, -0.2) is 29.9 Å². The molecule has 8 heteroatoms. The van der Waals surface area contributed by atoms with Crippen LogP contribution in [-0.2, 0) is 12.8 Å². The van der Waals surface area contributed by atoms with Gasteiger partial charge in [-0.25, -0.2) is 0 Å². The van der Waals surface area contributed by atoms with Crippen molar-refractivity contribution in [2.45, 2.75) is 29.7 Å². The van der Waals surface area contributed by atoms with E-state index in [1.807, 2.05) is 23.7 Å². The maximum absolute atomic E-state index is 5.65. The molecule has 1 fully saturated rings. The molecule has 4 rings (SSSR count). The Labute approximate surface area is 131 Å². The van der Waals surface area contributed by atoms with E-state index in [1.54, 1.807) is 12.4 Å². The molecule has 0 radical (unpaired) electrons. The summed E-state index contributed by atoms with van der Waals surface area (Å²) >= 11 is 1.54. The van der Waals surface area contributed by atoms with Gasteiger partial charge in [-0.15, -0.1) is 20.4 Å². The van der Waals surface area contributed by atoms with Crippen molar-refractivity contribution in [2.24, 2.45) is 7.05 Å². The first-order chi connectivity index (χ1) is 10.8. The third-order valence-electron chi connectivity index (χ3n) is 3.51. The number of thioether (sulfide) groups is 1. The van der Waals surface area contributed by atoms with E-state index >= 15 is 0 Å². The monoisotopic (exact) mass is 314 g/mol. The Kier molecular flexibility index (Phi) is 3.38. The van der Waals surface area contributed by atoms with Gasteiger partial charge < -0.3 is 8.98 Å². The van der Waals surface area contributed by atoms with E-state index in [4.69, 9.17) is 4.42 Å². The van der Waals surface area contributed by atoms with Crippen LogP contribution in [0.25, 0.3) is 11.4 Å². The highest BCUT2D eigenvalue weighted by Crippen LogP contribution is 2.39. The first-order valence-electron chi connectivity index (χ1n) is 7.06. The summed E-state index contributed by atoms with van der Waals surface area (Å²) in [7, 11) is 1.95. The summed E-state index contributed by atoms with van der Waals surface area (Å²) in [6, 6.07) is 3.83. The minimum absolute atomic E-state index is 0.486. The molecule has 0 aliphatic heterocycles. The van der Waals surface area contributed by atoms with Gasteiger partial charge in [-0.2, -0.15) is 0 Å². The van der Waals surface area contributed by atoms with Gasteiger partial charge in [-0.1, -0.05) is 11.8 Å². The van der Waals surface area contributed by atoms with Crippen LogP contribution in [0.15, 0.2) is 34.1 Å². The molecular formula is C14H14N6OS. The van der Waals surface area contributed by atoms with Crippen LogP contribution in [0.1, 0.15) is 30.5 Å². The number of hydrogen-bond acceptors (Lipinski definition) is 7. The molecule has 0 bridgehead atoms. The molecule has 1 saturated carbocycles. The van der Waals surface area contributed by atoms with Crippen molar-refractivity contribution in [3.05, 3.63) is 36.3 Å². The molecule has 3 heterocycles. The number of nitrogens with zero attached hydrogens (tertiary/aromatic N) is 6. The molecule has 0 aromatic carbocycles. The summed E-state index contributed by atoms with van der Waals surface area (Å²) in [5.74, 6) is 3.31. The molecule has 1 aliphatic rings. The Balaban J connectivity index is 1.47. The van der Waals surface area contributed by atoms with Crippen LogP contribution in [0.4, 0.5) is 0 Å². The van der Waals surface area contributed by atoms with Crippen molar-refractivity contribution >= 4 is 11.8 Å². The Bertz CT molecular complexity index is 780. The fourth-order valence-corrected chi connectivity index (χ4v) is 2.89. The van der Waals surface area contributed by atoms with Gasteiger partial charge in [0.25, 0.3) is 0 Å². The lowest BCUT2D eigenvalue weighted by Crippen LogP contribution is -1.95. The van der Waals surface area contributed by atoms with Gasteiger partial charge in [0.1, 0.15) is 0 Å². The topological polar surface area (TPSA) is 82.5 Å². The lowest BCUT2D eigenvalue weighted by molar-refractivity contribution is 0.466. The minimum Gasteiger partial charge on any atom is -0.424 e. The molecule has 3 aromatic heterocycles. The molecule has 0 spiro atoms. The first-order valence-corrected chi connectivity index (χ1v) is 8.04. The first kappa shape index (κ1) is 13.4. The molecule has 1 aliphatic carbocycles. The fraction of sp³-hybridized carbons (Fsp3) is 0.357. The number of pyridine rings is 1. The standard InChI is InChI=1S/C14H14N6OS/c1-20-12(9-4-6-15-7-5-9)17-19-14(20)22-8-11-16-18-13(21-11)10-2-3-10/h4-7,10H,2-3,8H2,1H3. The van der Waals surface area contributed by atoms with Gasteiger partial charge in [0.2, 0.25) is 11.8 Å². The Morgan fingerprint density at radius 1 is 1.18 bits per heavy atom. The van der Waals surface area contributed by atoms with Crippen molar-refractivity contribution in [3.8, 4) is 11.4 Å². The van der Waals surface area contributed by atoms with Gasteiger partial charge in [0.05, 0.1) is 5.75 Å². The SMILES string of the molecule is Cn1c(SCc2nnc(C3CC3)o2)nnc1-c1ccncc1. The van der Waals surface area contributed by atoms with Crippen molar-refractivity contribution in [1.29, 1.82) is 0 Å². The molecule has 0 unspecified atom stereocenters. The van der Waals surface area contributed by atoms with E-state index in [9.17, 15) is 0 Å². The highest BCUT2D eigenvalue weighted by atomic mass is 32.2. The van der Waals surface area contributed by atoms with Crippen molar-refractivity contribution in [3.63, 3.8) is 0 Å². The molecule has 3 aromatic rings. The molecule has 0 saturated heterocycles. The second-order valence-corrected chi connectivity index (χ2v) is 6.14. The van der Waals surface area contributed by atoms with Crippen LogP contribution in [0, 0.1) is 0 Å². The van der Waals surface area contributed by atoms with E-state index in [-0.39, 0.29) is 0 Å². The number of rotatable bonds is 5. The van der Waals surface area contributed by atoms with Crippen LogP contribution < -0.4 is 0 Å². The zero-order valence-electron chi connectivity index (χ0n) is 12.0. The zero-order chi connectivity index (χ0) is 14.9. The van der Waals surface area contributed by atoms with E-state index in [0.29, 0.717) is 17.6 Å². The summed E-state index contributed by atoms with van der Waals surface area (Å²) in [5.41, 5.74) is 0.991. The lowest BCUT2D eigenvalue weighted by atomic mass is 10.2. The van der Waals surface area contributed by atoms with Crippen LogP contribution in [0.5, 0.6) is 0 Å². The third kappa shape index (κ3) is 2.61. The number of aromatic nitrogens is 6. The maximum Gasteiger partial charge on any atom is 0.226 e. The third-order valence-corrected chi connectivity index (χ3v) is 4.51. The summed E-state index contributed by atoms with van der Waals surface area (Å²) < 4.78 is 7.61. The number of hydrogen-bond donors (Lipinski definition) is 0. The van der Waals surface area contributed by atoms with Crippen LogP contribution in [0.3, 0.4) is 0 Å². The van der Waals surface area contributed by atoms with Gasteiger partial charge in [-0.05, 0) is 25.0 Å². The van der Waals surface area contributed by atoms with E-state index < -0.39 is 0 Å². The van der Waals surface area contributed by atoms with Crippen LogP contribution in [0.2, 0.25) is 0 Å². The smallest absolute Gasteiger partial charge is 0.226 e. The summed E-state index contributed by atoms with van der Waals surface area (Å²) in [4.78, 5) is 4.01. The van der Waals surface area contributed by atoms with Gasteiger partial charge >= 0.3 is 0 Å². The van der Waals surface area contributed by atoms with Crippen molar-refractivity contribution < 1.29 is 4.42 Å². The molecule has 22 heavy (non-hydrogen) atoms. The molecule has 112 valence electrons. The van der Waals surface area contributed by atoms with E-state index in [1.165, 1.54) is 11.8 Å². The van der Waals surface area contributed by atoms with E-state index in [0.717, 1.165) is 35.3 Å². The summed E-state index contributed by atoms with van der Waals surface area (Å²) in [5, 5.41) is 17.5. The summed E-state index contributed by atoms with van der Waals surface area (Å²) in [6.45, 7) is 0. The summed E-state index contributed by atoms with van der Waals surface area (Å²) in [6.07, 6.45) is 5.81. The average Bonchev–Trinajstić information content (AvgIpc) is 3.18. The molecule has 0 atom stereocenters. The second kappa shape index (κ2) is 5.53. The predicted molar refractivity (Wildman–Crippen MR) is 80.1 cm³/mol. The zero-order valence-corrected chi connectivity index (χ0v) is 12.8. The van der Waals surface area contributed by atoms with Gasteiger partial charge in [0, 0.05) is 30.9 Å². The molecular weight excluding hydrogens is 300 g/mol. The quantitative estimate of drug-likeness (QED) is 0.669. The minimum atomic E-state index is 0.486. The second-order valence-electron chi connectivity index (χ2n) is 5.20. The highest BCUT2D eigenvalue weighted by molar-refractivity contribution is 7.98. The molecule has 7 nitrogen and oxygen atoms in total. The Morgan fingerprint density at radius 2 is 2.00 bits per heavy atom. The Morgan fingerprint density at radius 3 is 2.77 bits per heavy atom. The van der Waals surface area contributed by atoms with Crippen LogP contribution >= 0.6 is 11.8 Å². The highest BCUT2D eigenvalue weighted by Gasteiger charge is 2.29.